The fourth-order valence-corrected chi connectivity index (χ4v) is 7.45. The number of benzene rings is 2. The molecule has 8 nitrogen and oxygen atoms in total. The van der Waals surface area contributed by atoms with Crippen LogP contribution in [0.5, 0.6) is 5.75 Å². The molecule has 3 N–H and O–H groups in total. The van der Waals surface area contributed by atoms with Crippen molar-refractivity contribution in [1.82, 2.24) is 0 Å². The van der Waals surface area contributed by atoms with E-state index in [1.165, 1.54) is 0 Å². The van der Waals surface area contributed by atoms with Crippen LogP contribution in [-0.2, 0) is 42.7 Å². The Hall–Kier alpha value is -2.51. The molecule has 0 aliphatic carbocycles. The van der Waals surface area contributed by atoms with E-state index in [0.717, 1.165) is 36.8 Å². The molecule has 0 spiro atoms. The molecule has 2 aromatic carbocycles. The number of aryl methyl sites for hydroxylation is 4. The van der Waals surface area contributed by atoms with E-state index in [1.54, 1.807) is 19.9 Å². The molecule has 0 aliphatic rings. The third kappa shape index (κ3) is 11.4. The molecule has 254 valence electrons. The van der Waals surface area contributed by atoms with Gasteiger partial charge in [0.05, 0.1) is 0 Å². The van der Waals surface area contributed by atoms with Crippen molar-refractivity contribution in [3.8, 4) is 5.75 Å². The second-order valence-electron chi connectivity index (χ2n) is 14.2. The molecule has 0 aliphatic heterocycles. The summed E-state index contributed by atoms with van der Waals surface area (Å²) in [6, 6.07) is 7.32. The van der Waals surface area contributed by atoms with Gasteiger partial charge in [0.2, 0.25) is 0 Å². The predicted molar refractivity (Wildman–Crippen MR) is 182 cm³/mol. The van der Waals surface area contributed by atoms with Gasteiger partial charge in [-0.05, 0) is 0 Å². The first-order valence-electron chi connectivity index (χ1n) is 16.2. The van der Waals surface area contributed by atoms with Gasteiger partial charge >= 0.3 is 264 Å². The normalized spacial score (nSPS) is 13.2. The fourth-order valence-electron chi connectivity index (χ4n) is 5.27. The van der Waals surface area contributed by atoms with E-state index in [-0.39, 0.29) is 35.8 Å². The summed E-state index contributed by atoms with van der Waals surface area (Å²) in [5.74, 6) is -0.342. The number of carbonyl (C=O) groups excluding carboxylic acids is 2. The molecule has 0 fully saturated rings. The minimum absolute atomic E-state index is 0.0408. The summed E-state index contributed by atoms with van der Waals surface area (Å²) in [6.45, 7) is 20.1. The Morgan fingerprint density at radius 1 is 0.689 bits per heavy atom. The van der Waals surface area contributed by atoms with Gasteiger partial charge in [0.25, 0.3) is 0 Å². The van der Waals surface area contributed by atoms with Crippen molar-refractivity contribution >= 4 is 24.8 Å². The van der Waals surface area contributed by atoms with Gasteiger partial charge in [0.1, 0.15) is 0 Å². The average Bonchev–Trinajstić information content (AvgIpc) is 2.90. The number of hydrogen-bond acceptors (Lipinski definition) is 8. The molecule has 0 atom stereocenters. The van der Waals surface area contributed by atoms with Gasteiger partial charge in [-0.1, -0.05) is 6.92 Å². The van der Waals surface area contributed by atoms with Gasteiger partial charge in [0.15, 0.2) is 0 Å². The number of hydrogen-bond donors (Lipinski definition) is 3. The summed E-state index contributed by atoms with van der Waals surface area (Å²) in [5, 5.41) is -0.0408. The topological polar surface area (TPSA) is 123 Å². The molecule has 9 heteroatoms. The van der Waals surface area contributed by atoms with Crippen LogP contribution in [0.15, 0.2) is 24.3 Å². The van der Waals surface area contributed by atoms with Crippen molar-refractivity contribution in [3.63, 3.8) is 0 Å². The molecular formula is C36H57O8P. The number of ether oxygens (including phenoxy) is 2. The van der Waals surface area contributed by atoms with E-state index < -0.39 is 18.3 Å². The first-order chi connectivity index (χ1) is 20.7. The van der Waals surface area contributed by atoms with Crippen LogP contribution in [0.2, 0.25) is 0 Å². The quantitative estimate of drug-likeness (QED) is 0.104. The maximum absolute atomic E-state index is 12.3. The van der Waals surface area contributed by atoms with Crippen LogP contribution in [0.4, 0.5) is 0 Å². The van der Waals surface area contributed by atoms with Crippen LogP contribution in [0, 0.1) is 13.8 Å². The van der Waals surface area contributed by atoms with Crippen LogP contribution in [-0.4, -0.2) is 39.8 Å². The Morgan fingerprint density at radius 2 is 1.11 bits per heavy atom. The van der Waals surface area contributed by atoms with Crippen molar-refractivity contribution < 1.29 is 38.3 Å². The fraction of sp³-hybridized carbons (Fsp3) is 0.611. The summed E-state index contributed by atoms with van der Waals surface area (Å²) in [4.78, 5) is 59.9. The van der Waals surface area contributed by atoms with E-state index >= 15 is 0 Å². The molecule has 2 aromatic rings. The van der Waals surface area contributed by atoms with Crippen molar-refractivity contribution in [2.45, 2.75) is 131 Å². The monoisotopic (exact) mass is 648 g/mol. The average molecular weight is 649 g/mol. The van der Waals surface area contributed by atoms with Crippen LogP contribution in [0.25, 0.3) is 0 Å². The van der Waals surface area contributed by atoms with Gasteiger partial charge < -0.3 is 0 Å². The zero-order valence-corrected chi connectivity index (χ0v) is 30.1. The Balaban J connectivity index is 2.51. The third-order valence-electron chi connectivity index (χ3n) is 7.72. The molecule has 0 bridgehead atoms. The number of carbonyl (C=O) groups is 2. The predicted octanol–water partition coefficient (Wildman–Crippen LogP) is 7.34. The first-order valence-corrected chi connectivity index (χ1v) is 18.3. The molecule has 0 saturated heterocycles. The summed E-state index contributed by atoms with van der Waals surface area (Å²) in [6.07, 6.45) is 4.82. The molecule has 0 aromatic heterocycles. The van der Waals surface area contributed by atoms with Crippen molar-refractivity contribution in [3.05, 3.63) is 57.6 Å². The van der Waals surface area contributed by atoms with Crippen molar-refractivity contribution in [2.24, 2.45) is 0 Å². The number of rotatable bonds is 15. The standard InChI is InChI=1S/C36H57O8P/c1-11-13-19-42-31(37)17-15-27-21-25(3)33(29(23-27)35(5,6)7)44-45(39,40,41)34-26(4)22-28(24-30(34)36(8,9)10)16-18-32(38)43-20-14-12-2/h21-24,39-41H,11-20H2,1-10H3. The van der Waals surface area contributed by atoms with Gasteiger partial charge in [-0.2, -0.15) is 0 Å². The number of unbranched alkanes of at least 4 members (excludes halogenated alkanes) is 2. The zero-order valence-electron chi connectivity index (χ0n) is 29.2. The Labute approximate surface area is 270 Å². The SMILES string of the molecule is CCCCOC(=O)CCc1cc(C)c(OP(O)(O)(O)c2c(C)cc(CCC(=O)OCCCC)cc2C(C)(C)C)c(C(C)(C)C)c1. The maximum atomic E-state index is 12.3. The van der Waals surface area contributed by atoms with Gasteiger partial charge in [0, 0.05) is 0 Å². The van der Waals surface area contributed by atoms with Crippen molar-refractivity contribution in [2.75, 3.05) is 13.2 Å². The van der Waals surface area contributed by atoms with E-state index in [2.05, 4.69) is 0 Å². The van der Waals surface area contributed by atoms with E-state index in [4.69, 9.17) is 14.0 Å². The Kier molecular flexibility index (Phi) is 13.2. The molecular weight excluding hydrogens is 591 g/mol. The molecule has 0 radical (unpaired) electrons. The van der Waals surface area contributed by atoms with E-state index in [1.807, 2.05) is 73.6 Å². The van der Waals surface area contributed by atoms with E-state index in [0.29, 0.717) is 48.3 Å². The molecule has 0 amide bonds. The Morgan fingerprint density at radius 3 is 1.53 bits per heavy atom. The molecule has 0 unspecified atom stereocenters. The van der Waals surface area contributed by atoms with Crippen LogP contribution in [0.1, 0.15) is 127 Å². The molecule has 0 saturated carbocycles. The van der Waals surface area contributed by atoms with Crippen LogP contribution in [0.3, 0.4) is 0 Å². The van der Waals surface area contributed by atoms with Gasteiger partial charge in [-0.15, -0.1) is 0 Å². The second kappa shape index (κ2) is 15.4. The first kappa shape index (κ1) is 38.7. The summed E-state index contributed by atoms with van der Waals surface area (Å²) >= 11 is 0. The van der Waals surface area contributed by atoms with Crippen LogP contribution >= 0.6 is 7.51 Å². The van der Waals surface area contributed by atoms with Crippen LogP contribution < -0.4 is 9.83 Å². The summed E-state index contributed by atoms with van der Waals surface area (Å²) in [5.41, 5.74) is 2.88. The summed E-state index contributed by atoms with van der Waals surface area (Å²) < 4.78 is 16.7. The number of esters is 2. The van der Waals surface area contributed by atoms with E-state index in [9.17, 15) is 24.3 Å². The zero-order chi connectivity index (χ0) is 34.2. The van der Waals surface area contributed by atoms with Crippen molar-refractivity contribution in [1.29, 1.82) is 0 Å². The van der Waals surface area contributed by atoms with Gasteiger partial charge in [-0.3, -0.25) is 0 Å². The molecule has 2 rings (SSSR count). The Bertz CT molecular complexity index is 1330. The van der Waals surface area contributed by atoms with Gasteiger partial charge in [-0.25, -0.2) is 0 Å². The minimum atomic E-state index is -6.00. The third-order valence-corrected chi connectivity index (χ3v) is 9.61. The second-order valence-corrected chi connectivity index (χ2v) is 16.7. The summed E-state index contributed by atoms with van der Waals surface area (Å²) in [7, 11) is -6.00. The molecule has 45 heavy (non-hydrogen) atoms. The molecule has 0 heterocycles.